The Bertz CT molecular complexity index is 465. The Morgan fingerprint density at radius 3 is 2.68 bits per heavy atom. The van der Waals surface area contributed by atoms with Crippen molar-refractivity contribution in [3.8, 4) is 11.3 Å². The quantitative estimate of drug-likeness (QED) is 0.803. The van der Waals surface area contributed by atoms with Crippen LogP contribution in [-0.4, -0.2) is 30.5 Å². The lowest BCUT2D eigenvalue weighted by molar-refractivity contribution is 0.158. The second-order valence-corrected chi connectivity index (χ2v) is 4.86. The van der Waals surface area contributed by atoms with Gasteiger partial charge in [0.1, 0.15) is 0 Å². The summed E-state index contributed by atoms with van der Waals surface area (Å²) in [5.74, 6) is 0.536. The van der Waals surface area contributed by atoms with E-state index in [1.807, 2.05) is 6.07 Å². The summed E-state index contributed by atoms with van der Waals surface area (Å²) in [5, 5.41) is 10.4. The summed E-state index contributed by atoms with van der Waals surface area (Å²) in [5.41, 5.74) is 3.50. The molecule has 4 heteroatoms. The molecule has 0 radical (unpaired) electrons. The Hall–Kier alpha value is -1.65. The Labute approximate surface area is 114 Å². The van der Waals surface area contributed by atoms with Crippen LogP contribution in [0.25, 0.3) is 11.3 Å². The fourth-order valence-electron chi connectivity index (χ4n) is 2.03. The van der Waals surface area contributed by atoms with E-state index in [0.717, 1.165) is 31.0 Å². The number of nitrogens with zero attached hydrogens (tertiary/aromatic N) is 1. The van der Waals surface area contributed by atoms with Gasteiger partial charge in [0.25, 0.3) is 0 Å². The number of methoxy groups -OCH3 is 1. The van der Waals surface area contributed by atoms with E-state index in [1.165, 1.54) is 5.56 Å². The minimum atomic E-state index is 0.536. The molecule has 1 unspecified atom stereocenters. The maximum Gasteiger partial charge on any atom is 0.0650 e. The highest BCUT2D eigenvalue weighted by Gasteiger charge is 2.01. The maximum absolute atomic E-state index is 5.11. The van der Waals surface area contributed by atoms with Crippen molar-refractivity contribution in [1.82, 2.24) is 15.5 Å². The van der Waals surface area contributed by atoms with Crippen molar-refractivity contribution in [3.05, 3.63) is 42.1 Å². The molecule has 1 atom stereocenters. The molecule has 0 spiro atoms. The van der Waals surface area contributed by atoms with Crippen molar-refractivity contribution in [2.75, 3.05) is 20.3 Å². The normalized spacial score (nSPS) is 12.5. The number of benzene rings is 1. The summed E-state index contributed by atoms with van der Waals surface area (Å²) in [7, 11) is 1.74. The first-order valence-electron chi connectivity index (χ1n) is 6.58. The zero-order valence-electron chi connectivity index (χ0n) is 11.5. The molecule has 0 aliphatic rings. The fraction of sp³-hybridized carbons (Fsp3) is 0.400. The molecule has 4 nitrogen and oxygen atoms in total. The minimum absolute atomic E-state index is 0.536. The molecule has 19 heavy (non-hydrogen) atoms. The van der Waals surface area contributed by atoms with Crippen LogP contribution in [0.2, 0.25) is 0 Å². The molecule has 1 heterocycles. The van der Waals surface area contributed by atoms with E-state index in [2.05, 4.69) is 46.7 Å². The lowest BCUT2D eigenvalue weighted by Crippen LogP contribution is -2.23. The van der Waals surface area contributed by atoms with Gasteiger partial charge in [0, 0.05) is 33.0 Å². The van der Waals surface area contributed by atoms with Gasteiger partial charge in [-0.2, -0.15) is 5.10 Å². The van der Waals surface area contributed by atoms with E-state index in [4.69, 9.17) is 4.74 Å². The maximum atomic E-state index is 5.11. The zero-order chi connectivity index (χ0) is 13.5. The van der Waals surface area contributed by atoms with Gasteiger partial charge in [-0.05, 0) is 23.1 Å². The first-order valence-corrected chi connectivity index (χ1v) is 6.58. The highest BCUT2D eigenvalue weighted by Crippen LogP contribution is 2.16. The van der Waals surface area contributed by atoms with Crippen molar-refractivity contribution in [3.63, 3.8) is 0 Å². The molecule has 1 aromatic heterocycles. The fourth-order valence-corrected chi connectivity index (χ4v) is 2.03. The van der Waals surface area contributed by atoms with Crippen LogP contribution >= 0.6 is 0 Å². The number of hydrogen-bond donors (Lipinski definition) is 2. The van der Waals surface area contributed by atoms with Gasteiger partial charge in [0.2, 0.25) is 0 Å². The van der Waals surface area contributed by atoms with Gasteiger partial charge in [0.15, 0.2) is 0 Å². The van der Waals surface area contributed by atoms with E-state index >= 15 is 0 Å². The molecule has 102 valence electrons. The van der Waals surface area contributed by atoms with Crippen LogP contribution in [0.1, 0.15) is 12.5 Å². The van der Waals surface area contributed by atoms with Crippen LogP contribution in [-0.2, 0) is 11.3 Å². The summed E-state index contributed by atoms with van der Waals surface area (Å²) in [6, 6.07) is 10.5. The SMILES string of the molecule is COCC(C)CNCc1ccc(-c2ccn[nH]2)cc1. The Morgan fingerprint density at radius 2 is 2.05 bits per heavy atom. The monoisotopic (exact) mass is 259 g/mol. The molecule has 1 aromatic carbocycles. The van der Waals surface area contributed by atoms with Crippen LogP contribution in [0, 0.1) is 5.92 Å². The first-order chi connectivity index (χ1) is 9.29. The minimum Gasteiger partial charge on any atom is -0.384 e. The van der Waals surface area contributed by atoms with Gasteiger partial charge in [-0.15, -0.1) is 0 Å². The largest absolute Gasteiger partial charge is 0.384 e. The van der Waals surface area contributed by atoms with E-state index in [0.29, 0.717) is 5.92 Å². The molecule has 0 aliphatic carbocycles. The van der Waals surface area contributed by atoms with Crippen LogP contribution in [0.3, 0.4) is 0 Å². The van der Waals surface area contributed by atoms with Gasteiger partial charge in [-0.1, -0.05) is 31.2 Å². The van der Waals surface area contributed by atoms with Gasteiger partial charge >= 0.3 is 0 Å². The number of aromatic amines is 1. The van der Waals surface area contributed by atoms with Crippen LogP contribution in [0.4, 0.5) is 0 Å². The zero-order valence-corrected chi connectivity index (χ0v) is 11.5. The average Bonchev–Trinajstić information content (AvgIpc) is 2.94. The Kier molecular flexibility index (Phi) is 5.12. The van der Waals surface area contributed by atoms with Crippen molar-refractivity contribution < 1.29 is 4.74 Å². The highest BCUT2D eigenvalue weighted by atomic mass is 16.5. The van der Waals surface area contributed by atoms with Crippen molar-refractivity contribution in [1.29, 1.82) is 0 Å². The number of hydrogen-bond acceptors (Lipinski definition) is 3. The molecule has 0 amide bonds. The third kappa shape index (κ3) is 4.19. The highest BCUT2D eigenvalue weighted by molar-refractivity contribution is 5.58. The molecule has 2 aromatic rings. The lowest BCUT2D eigenvalue weighted by atomic mass is 10.1. The number of rotatable bonds is 7. The summed E-state index contributed by atoms with van der Waals surface area (Å²) >= 11 is 0. The van der Waals surface area contributed by atoms with Crippen molar-refractivity contribution in [2.24, 2.45) is 5.92 Å². The topological polar surface area (TPSA) is 49.9 Å². The van der Waals surface area contributed by atoms with Crippen molar-refractivity contribution in [2.45, 2.75) is 13.5 Å². The molecule has 0 bridgehead atoms. The molecule has 0 fully saturated rings. The Balaban J connectivity index is 1.82. The summed E-state index contributed by atoms with van der Waals surface area (Å²) in [6.45, 7) is 4.83. The Morgan fingerprint density at radius 1 is 1.26 bits per heavy atom. The average molecular weight is 259 g/mol. The third-order valence-corrected chi connectivity index (χ3v) is 3.04. The third-order valence-electron chi connectivity index (χ3n) is 3.04. The smallest absolute Gasteiger partial charge is 0.0650 e. The lowest BCUT2D eigenvalue weighted by Gasteiger charge is -2.11. The van der Waals surface area contributed by atoms with E-state index < -0.39 is 0 Å². The summed E-state index contributed by atoms with van der Waals surface area (Å²) in [4.78, 5) is 0. The van der Waals surface area contributed by atoms with Crippen molar-refractivity contribution >= 4 is 0 Å². The second kappa shape index (κ2) is 7.07. The molecular formula is C15H21N3O. The molecule has 2 rings (SSSR count). The number of aromatic nitrogens is 2. The molecular weight excluding hydrogens is 238 g/mol. The molecule has 0 saturated heterocycles. The van der Waals surface area contributed by atoms with Gasteiger partial charge in [-0.3, -0.25) is 5.10 Å². The summed E-state index contributed by atoms with van der Waals surface area (Å²) in [6.07, 6.45) is 1.77. The predicted molar refractivity (Wildman–Crippen MR) is 76.8 cm³/mol. The molecule has 0 aliphatic heterocycles. The van der Waals surface area contributed by atoms with Gasteiger partial charge in [-0.25, -0.2) is 0 Å². The van der Waals surface area contributed by atoms with Crippen LogP contribution in [0.5, 0.6) is 0 Å². The van der Waals surface area contributed by atoms with E-state index in [9.17, 15) is 0 Å². The van der Waals surface area contributed by atoms with Crippen LogP contribution in [0.15, 0.2) is 36.5 Å². The van der Waals surface area contributed by atoms with E-state index in [1.54, 1.807) is 13.3 Å². The van der Waals surface area contributed by atoms with Gasteiger partial charge < -0.3 is 10.1 Å². The molecule has 0 saturated carbocycles. The number of ether oxygens (including phenoxy) is 1. The van der Waals surface area contributed by atoms with E-state index in [-0.39, 0.29) is 0 Å². The standard InChI is InChI=1S/C15H21N3O/c1-12(11-19-2)9-16-10-13-3-5-14(6-4-13)15-7-8-17-18-15/h3-8,12,16H,9-11H2,1-2H3,(H,17,18). The number of H-pyrrole nitrogens is 1. The van der Waals surface area contributed by atoms with Crippen LogP contribution < -0.4 is 5.32 Å². The number of nitrogens with one attached hydrogen (secondary N) is 2. The molecule has 2 N–H and O–H groups in total. The second-order valence-electron chi connectivity index (χ2n) is 4.86. The first kappa shape index (κ1) is 13.8. The summed E-state index contributed by atoms with van der Waals surface area (Å²) < 4.78 is 5.11. The van der Waals surface area contributed by atoms with Gasteiger partial charge in [0.05, 0.1) is 5.69 Å². The predicted octanol–water partition coefficient (Wildman–Crippen LogP) is 2.45.